The molecule has 0 radical (unpaired) electrons. The van der Waals surface area contributed by atoms with Gasteiger partial charge in [0, 0.05) is 19.5 Å². The Morgan fingerprint density at radius 3 is 2.57 bits per heavy atom. The second-order valence-corrected chi connectivity index (χ2v) is 5.04. The fourth-order valence-corrected chi connectivity index (χ4v) is 2.70. The van der Waals surface area contributed by atoms with Gasteiger partial charge in [-0.05, 0) is 25.2 Å². The first-order valence-electron chi connectivity index (χ1n) is 7.56. The molecule has 0 spiro atoms. The molecule has 0 saturated heterocycles. The van der Waals surface area contributed by atoms with E-state index in [1.807, 2.05) is 6.07 Å². The molecule has 5 heteroatoms. The van der Waals surface area contributed by atoms with Crippen LogP contribution in [0, 0.1) is 0 Å². The van der Waals surface area contributed by atoms with Gasteiger partial charge in [0.15, 0.2) is 0 Å². The first kappa shape index (κ1) is 15.5. The molecule has 0 amide bonds. The lowest BCUT2D eigenvalue weighted by molar-refractivity contribution is 0.0698. The Morgan fingerprint density at radius 1 is 1.29 bits per heavy atom. The van der Waals surface area contributed by atoms with Crippen LogP contribution in [-0.2, 0) is 13.0 Å². The highest BCUT2D eigenvalue weighted by molar-refractivity contribution is 6.01. The van der Waals surface area contributed by atoms with Gasteiger partial charge in [0.05, 0.1) is 16.6 Å². The number of carbonyl (C=O) groups is 1. The van der Waals surface area contributed by atoms with Crippen LogP contribution in [0.15, 0.2) is 18.2 Å². The van der Waals surface area contributed by atoms with Crippen LogP contribution in [0.4, 0.5) is 0 Å². The Kier molecular flexibility index (Phi) is 4.96. The van der Waals surface area contributed by atoms with E-state index in [1.54, 1.807) is 12.1 Å². The summed E-state index contributed by atoms with van der Waals surface area (Å²) in [4.78, 5) is 18.4. The molecule has 1 aromatic carbocycles. The van der Waals surface area contributed by atoms with Crippen molar-refractivity contribution in [3.8, 4) is 0 Å². The zero-order valence-electron chi connectivity index (χ0n) is 13.0. The van der Waals surface area contributed by atoms with Gasteiger partial charge in [0.1, 0.15) is 5.82 Å². The molecule has 0 fully saturated rings. The Balaban J connectivity index is 2.46. The van der Waals surface area contributed by atoms with E-state index in [0.29, 0.717) is 5.56 Å². The highest BCUT2D eigenvalue weighted by atomic mass is 16.4. The second-order valence-electron chi connectivity index (χ2n) is 5.04. The third-order valence-electron chi connectivity index (χ3n) is 3.93. The number of fused-ring (bicyclic) bond motifs is 1. The molecular formula is C16H23N3O2. The van der Waals surface area contributed by atoms with Crippen molar-refractivity contribution in [2.75, 3.05) is 19.6 Å². The van der Waals surface area contributed by atoms with Gasteiger partial charge in [-0.1, -0.05) is 26.8 Å². The van der Waals surface area contributed by atoms with Gasteiger partial charge in [-0.3, -0.25) is 0 Å². The molecular weight excluding hydrogens is 266 g/mol. The van der Waals surface area contributed by atoms with Gasteiger partial charge in [-0.2, -0.15) is 0 Å². The van der Waals surface area contributed by atoms with E-state index in [1.165, 1.54) is 0 Å². The van der Waals surface area contributed by atoms with Gasteiger partial charge < -0.3 is 14.6 Å². The molecule has 21 heavy (non-hydrogen) atoms. The number of carboxylic acids is 1. The van der Waals surface area contributed by atoms with Crippen LogP contribution in [0.1, 0.15) is 37.0 Å². The molecule has 0 unspecified atom stereocenters. The molecule has 2 aromatic rings. The van der Waals surface area contributed by atoms with Crippen LogP contribution in [-0.4, -0.2) is 45.2 Å². The smallest absolute Gasteiger partial charge is 0.337 e. The van der Waals surface area contributed by atoms with E-state index in [-0.39, 0.29) is 0 Å². The second kappa shape index (κ2) is 6.72. The molecule has 2 rings (SSSR count). The number of likely N-dealkylation sites (N-methyl/N-ethyl adjacent to an activating group) is 1. The summed E-state index contributed by atoms with van der Waals surface area (Å²) in [6, 6.07) is 5.29. The number of nitrogens with zero attached hydrogens (tertiary/aromatic N) is 3. The maximum absolute atomic E-state index is 11.5. The fourth-order valence-electron chi connectivity index (χ4n) is 2.70. The summed E-state index contributed by atoms with van der Waals surface area (Å²) in [6.07, 6.45) is 0.798. The van der Waals surface area contributed by atoms with Gasteiger partial charge in [0.2, 0.25) is 0 Å². The third kappa shape index (κ3) is 3.08. The molecule has 1 aromatic heterocycles. The average molecular weight is 289 g/mol. The molecule has 0 atom stereocenters. The van der Waals surface area contributed by atoms with Gasteiger partial charge >= 0.3 is 5.97 Å². The number of aromatic nitrogens is 2. The fraction of sp³-hybridized carbons (Fsp3) is 0.500. The number of aromatic carboxylic acids is 1. The predicted molar refractivity (Wildman–Crippen MR) is 83.9 cm³/mol. The summed E-state index contributed by atoms with van der Waals surface area (Å²) in [5, 5.41) is 9.41. The van der Waals surface area contributed by atoms with Crippen LogP contribution >= 0.6 is 0 Å². The Labute approximate surface area is 125 Å². The summed E-state index contributed by atoms with van der Waals surface area (Å²) in [6.45, 7) is 9.99. The highest BCUT2D eigenvalue weighted by Crippen LogP contribution is 2.21. The van der Waals surface area contributed by atoms with Gasteiger partial charge in [-0.25, -0.2) is 9.78 Å². The lowest BCUT2D eigenvalue weighted by Gasteiger charge is -2.19. The minimum atomic E-state index is -0.896. The van der Waals surface area contributed by atoms with Crippen molar-refractivity contribution in [2.45, 2.75) is 33.7 Å². The highest BCUT2D eigenvalue weighted by Gasteiger charge is 2.17. The van der Waals surface area contributed by atoms with Crippen molar-refractivity contribution in [1.82, 2.24) is 14.5 Å². The van der Waals surface area contributed by atoms with Gasteiger partial charge in [-0.15, -0.1) is 0 Å². The standard InChI is InChI=1S/C16H23N3O2/c1-4-14-17-13-9-7-8-12(16(20)21)15(13)19(14)11-10-18(5-2)6-3/h7-9H,4-6,10-11H2,1-3H3,(H,20,21). The molecule has 114 valence electrons. The van der Waals surface area contributed by atoms with Crippen LogP contribution in [0.25, 0.3) is 11.0 Å². The first-order chi connectivity index (χ1) is 10.1. The Bertz CT molecular complexity index is 630. The lowest BCUT2D eigenvalue weighted by Crippen LogP contribution is -2.27. The minimum absolute atomic E-state index is 0.333. The number of aryl methyl sites for hydroxylation is 1. The zero-order chi connectivity index (χ0) is 15.4. The van der Waals surface area contributed by atoms with Crippen molar-refractivity contribution in [1.29, 1.82) is 0 Å². The molecule has 1 N–H and O–H groups in total. The largest absolute Gasteiger partial charge is 0.478 e. The van der Waals surface area contributed by atoms with Crippen molar-refractivity contribution >= 4 is 17.0 Å². The van der Waals surface area contributed by atoms with Crippen LogP contribution in [0.3, 0.4) is 0 Å². The molecule has 0 aliphatic rings. The third-order valence-corrected chi connectivity index (χ3v) is 3.93. The number of imidazole rings is 1. The molecule has 0 saturated carbocycles. The topological polar surface area (TPSA) is 58.4 Å². The van der Waals surface area contributed by atoms with Crippen LogP contribution in [0.2, 0.25) is 0 Å². The molecule has 0 aliphatic carbocycles. The average Bonchev–Trinajstić information content (AvgIpc) is 2.86. The summed E-state index contributed by atoms with van der Waals surface area (Å²) < 4.78 is 2.07. The number of hydrogen-bond donors (Lipinski definition) is 1. The van der Waals surface area contributed by atoms with Crippen LogP contribution < -0.4 is 0 Å². The first-order valence-corrected chi connectivity index (χ1v) is 7.56. The quantitative estimate of drug-likeness (QED) is 0.851. The lowest BCUT2D eigenvalue weighted by atomic mass is 10.2. The molecule has 1 heterocycles. The number of benzene rings is 1. The summed E-state index contributed by atoms with van der Waals surface area (Å²) >= 11 is 0. The van der Waals surface area contributed by atoms with E-state index in [0.717, 1.165) is 49.5 Å². The number of hydrogen-bond acceptors (Lipinski definition) is 3. The van der Waals surface area contributed by atoms with Crippen LogP contribution in [0.5, 0.6) is 0 Å². The maximum Gasteiger partial charge on any atom is 0.337 e. The summed E-state index contributed by atoms with van der Waals surface area (Å²) in [7, 11) is 0. The monoisotopic (exact) mass is 289 g/mol. The van der Waals surface area contributed by atoms with Crippen molar-refractivity contribution < 1.29 is 9.90 Å². The van der Waals surface area contributed by atoms with Crippen molar-refractivity contribution in [3.05, 3.63) is 29.6 Å². The number of carboxylic acid groups (broad SMARTS) is 1. The van der Waals surface area contributed by atoms with Crippen molar-refractivity contribution in [3.63, 3.8) is 0 Å². The predicted octanol–water partition coefficient (Wildman–Crippen LogP) is 2.64. The molecule has 5 nitrogen and oxygen atoms in total. The van der Waals surface area contributed by atoms with E-state index >= 15 is 0 Å². The van der Waals surface area contributed by atoms with E-state index in [9.17, 15) is 9.90 Å². The van der Waals surface area contributed by atoms with E-state index in [2.05, 4.69) is 35.2 Å². The normalized spacial score (nSPS) is 11.4. The van der Waals surface area contributed by atoms with Gasteiger partial charge in [0.25, 0.3) is 0 Å². The Hall–Kier alpha value is -1.88. The van der Waals surface area contributed by atoms with E-state index in [4.69, 9.17) is 0 Å². The van der Waals surface area contributed by atoms with E-state index < -0.39 is 5.97 Å². The zero-order valence-corrected chi connectivity index (χ0v) is 13.0. The SMILES string of the molecule is CCc1nc2cccc(C(=O)O)c2n1CCN(CC)CC. The number of para-hydroxylation sites is 1. The molecule has 0 aliphatic heterocycles. The summed E-state index contributed by atoms with van der Waals surface area (Å²) in [5.74, 6) is 0.0538. The van der Waals surface area contributed by atoms with Crippen molar-refractivity contribution in [2.24, 2.45) is 0 Å². The minimum Gasteiger partial charge on any atom is -0.478 e. The maximum atomic E-state index is 11.5. The molecule has 0 bridgehead atoms. The summed E-state index contributed by atoms with van der Waals surface area (Å²) in [5.41, 5.74) is 1.85. The Morgan fingerprint density at radius 2 is 2.00 bits per heavy atom. The number of rotatable bonds is 7.